The van der Waals surface area contributed by atoms with Gasteiger partial charge in [-0.1, -0.05) is 0 Å². The fourth-order valence-corrected chi connectivity index (χ4v) is 1.21. The third-order valence-corrected chi connectivity index (χ3v) is 2.67. The molecule has 2 N–H and O–H groups in total. The maximum atomic E-state index is 9.06. The summed E-state index contributed by atoms with van der Waals surface area (Å²) in [6, 6.07) is 0.469. The van der Waals surface area contributed by atoms with Crippen molar-refractivity contribution in [3.63, 3.8) is 0 Å². The zero-order valence-electron chi connectivity index (χ0n) is 7.74. The maximum absolute atomic E-state index is 9.06. The van der Waals surface area contributed by atoms with Crippen molar-refractivity contribution in [1.82, 2.24) is 4.90 Å². The first-order valence-electron chi connectivity index (χ1n) is 3.74. The van der Waals surface area contributed by atoms with Gasteiger partial charge < -0.3 is 4.90 Å². The molecule has 0 amide bonds. The van der Waals surface area contributed by atoms with Crippen molar-refractivity contribution in [2.24, 2.45) is 0 Å². The molecule has 0 fully saturated rings. The molecule has 11 heavy (non-hydrogen) atoms. The van der Waals surface area contributed by atoms with Crippen molar-refractivity contribution < 1.29 is 9.11 Å². The van der Waals surface area contributed by atoms with E-state index in [2.05, 4.69) is 18.7 Å². The van der Waals surface area contributed by atoms with E-state index in [0.29, 0.717) is 11.8 Å². The fourth-order valence-electron chi connectivity index (χ4n) is 0.575. The molecular weight excluding hydrogens is 162 g/mol. The van der Waals surface area contributed by atoms with Crippen molar-refractivity contribution in [3.8, 4) is 0 Å². The summed E-state index contributed by atoms with van der Waals surface area (Å²) in [4.78, 5) is 2.09. The van der Waals surface area contributed by atoms with Crippen LogP contribution in [0.15, 0.2) is 0 Å². The Labute approximate surface area is 70.8 Å². The first-order valence-corrected chi connectivity index (χ1v) is 5.86. The van der Waals surface area contributed by atoms with Crippen molar-refractivity contribution in [2.75, 3.05) is 25.6 Å². The lowest BCUT2D eigenvalue weighted by atomic mass is 10.3. The molecule has 3 nitrogen and oxygen atoms in total. The Hall–Kier alpha value is 0.230. The fraction of sp³-hybridized carbons (Fsp3) is 1.00. The summed E-state index contributed by atoms with van der Waals surface area (Å²) in [6.07, 6.45) is 1.49. The summed E-state index contributed by atoms with van der Waals surface area (Å²) in [6.45, 7) is 4.92. The van der Waals surface area contributed by atoms with Crippen LogP contribution in [0.4, 0.5) is 0 Å². The molecule has 0 radical (unpaired) electrons. The largest absolute Gasteiger partial charge is 0.302 e. The van der Waals surface area contributed by atoms with E-state index in [1.807, 2.05) is 7.05 Å². The lowest BCUT2D eigenvalue weighted by molar-refractivity contribution is 0.287. The second kappa shape index (κ2) is 4.30. The summed E-state index contributed by atoms with van der Waals surface area (Å²) in [5.74, 6) is 0.474. The Morgan fingerprint density at radius 1 is 1.36 bits per heavy atom. The standard InChI is InChI=1S/C7H19NO2S/c1-7(2)8(3)5-6-11(4,9)10/h7,9-10H,5-6H2,1-4H3. The Morgan fingerprint density at radius 3 is 2.09 bits per heavy atom. The van der Waals surface area contributed by atoms with E-state index in [9.17, 15) is 0 Å². The Morgan fingerprint density at radius 2 is 1.82 bits per heavy atom. The van der Waals surface area contributed by atoms with Crippen LogP contribution in [0.2, 0.25) is 0 Å². The summed E-state index contributed by atoms with van der Waals surface area (Å²) >= 11 is 0. The van der Waals surface area contributed by atoms with Gasteiger partial charge in [0.2, 0.25) is 0 Å². The molecule has 4 heteroatoms. The van der Waals surface area contributed by atoms with Gasteiger partial charge in [-0.3, -0.25) is 9.11 Å². The molecule has 0 unspecified atom stereocenters. The quantitative estimate of drug-likeness (QED) is 0.694. The molecule has 0 saturated carbocycles. The van der Waals surface area contributed by atoms with Gasteiger partial charge in [0, 0.05) is 24.6 Å². The highest BCUT2D eigenvalue weighted by molar-refractivity contribution is 8.23. The molecule has 0 atom stereocenters. The highest BCUT2D eigenvalue weighted by Crippen LogP contribution is 2.32. The monoisotopic (exact) mass is 181 g/mol. The van der Waals surface area contributed by atoms with Gasteiger partial charge in [0.1, 0.15) is 0 Å². The molecule has 0 aromatic heterocycles. The number of hydrogen-bond acceptors (Lipinski definition) is 3. The van der Waals surface area contributed by atoms with Gasteiger partial charge in [-0.05, 0) is 20.9 Å². The molecule has 0 aliphatic carbocycles. The van der Waals surface area contributed by atoms with E-state index < -0.39 is 10.6 Å². The first kappa shape index (κ1) is 11.2. The van der Waals surface area contributed by atoms with Crippen LogP contribution in [0, 0.1) is 0 Å². The first-order chi connectivity index (χ1) is 4.83. The molecule has 0 bridgehead atoms. The van der Waals surface area contributed by atoms with Gasteiger partial charge in [0.15, 0.2) is 0 Å². The van der Waals surface area contributed by atoms with Crippen LogP contribution in [0.1, 0.15) is 13.8 Å². The summed E-state index contributed by atoms with van der Waals surface area (Å²) in [7, 11) is -0.312. The van der Waals surface area contributed by atoms with Crippen LogP contribution in [0.25, 0.3) is 0 Å². The third kappa shape index (κ3) is 6.62. The summed E-state index contributed by atoms with van der Waals surface area (Å²) < 4.78 is 18.1. The van der Waals surface area contributed by atoms with Crippen LogP contribution in [0.5, 0.6) is 0 Å². The van der Waals surface area contributed by atoms with E-state index in [0.717, 1.165) is 6.54 Å². The summed E-state index contributed by atoms with van der Waals surface area (Å²) in [5, 5.41) is 0. The lowest BCUT2D eigenvalue weighted by Crippen LogP contribution is -2.30. The average Bonchev–Trinajstić information content (AvgIpc) is 1.80. The van der Waals surface area contributed by atoms with Crippen LogP contribution in [0.3, 0.4) is 0 Å². The third-order valence-electron chi connectivity index (χ3n) is 1.71. The molecule has 0 aliphatic rings. The molecular formula is C7H19NO2S. The molecule has 0 aromatic carbocycles. The van der Waals surface area contributed by atoms with Crippen molar-refractivity contribution in [3.05, 3.63) is 0 Å². The molecule has 0 heterocycles. The molecule has 70 valence electrons. The zero-order valence-corrected chi connectivity index (χ0v) is 8.56. The highest BCUT2D eigenvalue weighted by atomic mass is 32.3. The van der Waals surface area contributed by atoms with Gasteiger partial charge >= 0.3 is 0 Å². The molecule has 0 saturated heterocycles. The highest BCUT2D eigenvalue weighted by Gasteiger charge is 2.08. The second-order valence-electron chi connectivity index (χ2n) is 3.27. The van der Waals surface area contributed by atoms with E-state index >= 15 is 0 Å². The minimum Gasteiger partial charge on any atom is -0.302 e. The Balaban J connectivity index is 3.54. The molecule has 0 aliphatic heterocycles. The van der Waals surface area contributed by atoms with Crippen LogP contribution < -0.4 is 0 Å². The molecule has 0 aromatic rings. The Bertz CT molecular complexity index is 111. The molecule has 0 rings (SSSR count). The van der Waals surface area contributed by atoms with Crippen molar-refractivity contribution in [1.29, 1.82) is 0 Å². The predicted molar refractivity (Wildman–Crippen MR) is 51.4 cm³/mol. The number of hydrogen-bond donors (Lipinski definition) is 2. The van der Waals surface area contributed by atoms with E-state index in [1.165, 1.54) is 6.26 Å². The normalized spacial score (nSPS) is 14.5. The number of rotatable bonds is 4. The van der Waals surface area contributed by atoms with Crippen LogP contribution in [-0.4, -0.2) is 45.6 Å². The Kier molecular flexibility index (Phi) is 4.39. The smallest absolute Gasteiger partial charge is 0.0498 e. The van der Waals surface area contributed by atoms with Gasteiger partial charge in [-0.2, -0.15) is 10.6 Å². The van der Waals surface area contributed by atoms with Gasteiger partial charge in [-0.25, -0.2) is 0 Å². The van der Waals surface area contributed by atoms with E-state index in [1.54, 1.807) is 0 Å². The van der Waals surface area contributed by atoms with Crippen LogP contribution in [-0.2, 0) is 0 Å². The van der Waals surface area contributed by atoms with Crippen molar-refractivity contribution >= 4 is 10.6 Å². The van der Waals surface area contributed by atoms with Gasteiger partial charge in [0.25, 0.3) is 0 Å². The zero-order chi connectivity index (χ0) is 9.07. The predicted octanol–water partition coefficient (Wildman–Crippen LogP) is 1.71. The van der Waals surface area contributed by atoms with Crippen LogP contribution >= 0.6 is 10.6 Å². The van der Waals surface area contributed by atoms with Gasteiger partial charge in [0.05, 0.1) is 0 Å². The summed E-state index contributed by atoms with van der Waals surface area (Å²) in [5.41, 5.74) is 0. The van der Waals surface area contributed by atoms with Gasteiger partial charge in [-0.15, -0.1) is 0 Å². The minimum atomic E-state index is -2.29. The molecule has 0 spiro atoms. The average molecular weight is 181 g/mol. The number of nitrogens with zero attached hydrogens (tertiary/aromatic N) is 1. The minimum absolute atomic E-state index is 0.469. The van der Waals surface area contributed by atoms with Crippen molar-refractivity contribution in [2.45, 2.75) is 19.9 Å². The van der Waals surface area contributed by atoms with E-state index in [-0.39, 0.29) is 0 Å². The van der Waals surface area contributed by atoms with E-state index in [4.69, 9.17) is 9.11 Å². The lowest BCUT2D eigenvalue weighted by Gasteiger charge is -2.30. The second-order valence-corrected chi connectivity index (χ2v) is 5.67. The SMILES string of the molecule is CC(C)N(C)CCS(C)(O)O. The maximum Gasteiger partial charge on any atom is 0.0498 e. The topological polar surface area (TPSA) is 43.7 Å².